The zero-order chi connectivity index (χ0) is 12.3. The molecule has 2 aromatic heterocycles. The van der Waals surface area contributed by atoms with Crippen LogP contribution in [0, 0.1) is 13.8 Å². The van der Waals surface area contributed by atoms with Crippen molar-refractivity contribution in [2.75, 3.05) is 0 Å². The summed E-state index contributed by atoms with van der Waals surface area (Å²) in [4.78, 5) is 0. The van der Waals surface area contributed by atoms with Crippen molar-refractivity contribution in [3.05, 3.63) is 23.3 Å². The van der Waals surface area contributed by atoms with E-state index in [0.717, 1.165) is 44.0 Å². The van der Waals surface area contributed by atoms with Crippen molar-refractivity contribution in [3.63, 3.8) is 0 Å². The van der Waals surface area contributed by atoms with E-state index in [-0.39, 0.29) is 0 Å². The van der Waals surface area contributed by atoms with Gasteiger partial charge in [-0.3, -0.25) is 0 Å². The Morgan fingerprint density at radius 2 is 1.06 bits per heavy atom. The molecule has 18 heavy (non-hydrogen) atoms. The minimum atomic E-state index is 0.980. The number of hydrogen-bond acceptors (Lipinski definition) is 6. The number of fused-ring (bicyclic) bond motifs is 5. The molecule has 0 saturated carbocycles. The largest absolute Gasteiger partial charge is 0.173 e. The van der Waals surface area contributed by atoms with Gasteiger partial charge in [0.05, 0.1) is 23.5 Å². The molecule has 0 amide bonds. The van der Waals surface area contributed by atoms with Crippen LogP contribution < -0.4 is 0 Å². The number of benzene rings is 2. The van der Waals surface area contributed by atoms with E-state index < -0.39 is 0 Å². The van der Waals surface area contributed by atoms with E-state index in [2.05, 4.69) is 43.5 Å². The van der Waals surface area contributed by atoms with E-state index in [1.165, 1.54) is 23.5 Å². The molecule has 4 aromatic rings. The molecule has 0 spiro atoms. The molecule has 2 aromatic carbocycles. The first-order valence-electron chi connectivity index (χ1n) is 5.53. The zero-order valence-electron chi connectivity index (χ0n) is 9.76. The van der Waals surface area contributed by atoms with Crippen LogP contribution in [0.3, 0.4) is 0 Å². The molecular formula is C12H8N4S2. The first kappa shape index (κ1) is 10.3. The molecule has 0 atom stereocenters. The predicted octanol–water partition coefficient (Wildman–Crippen LogP) is 3.47. The van der Waals surface area contributed by atoms with Crippen molar-refractivity contribution in [2.45, 2.75) is 13.8 Å². The Hall–Kier alpha value is -1.66. The van der Waals surface area contributed by atoms with Gasteiger partial charge in [0.15, 0.2) is 0 Å². The molecule has 0 aliphatic heterocycles. The van der Waals surface area contributed by atoms with Crippen LogP contribution in [-0.4, -0.2) is 17.5 Å². The van der Waals surface area contributed by atoms with E-state index in [0.29, 0.717) is 0 Å². The summed E-state index contributed by atoms with van der Waals surface area (Å²) < 4.78 is 17.6. The van der Waals surface area contributed by atoms with Crippen LogP contribution in [0.2, 0.25) is 0 Å². The number of hydrogen-bond donors (Lipinski definition) is 0. The van der Waals surface area contributed by atoms with Crippen molar-refractivity contribution in [1.29, 1.82) is 0 Å². The summed E-state index contributed by atoms with van der Waals surface area (Å²) in [5.74, 6) is 0. The highest BCUT2D eigenvalue weighted by Crippen LogP contribution is 2.33. The first-order chi connectivity index (χ1) is 8.75. The van der Waals surface area contributed by atoms with Crippen LogP contribution in [0.15, 0.2) is 12.1 Å². The zero-order valence-corrected chi connectivity index (χ0v) is 11.4. The number of aryl methyl sites for hydroxylation is 2. The molecule has 88 valence electrons. The lowest BCUT2D eigenvalue weighted by atomic mass is 10.0. The molecule has 0 N–H and O–H groups in total. The molecule has 0 saturated heterocycles. The molecule has 0 unspecified atom stereocenters. The molecule has 0 aliphatic carbocycles. The van der Waals surface area contributed by atoms with Gasteiger partial charge in [-0.15, -0.1) is 0 Å². The van der Waals surface area contributed by atoms with E-state index >= 15 is 0 Å². The van der Waals surface area contributed by atoms with Gasteiger partial charge in [0.1, 0.15) is 22.1 Å². The van der Waals surface area contributed by atoms with Crippen LogP contribution in [-0.2, 0) is 0 Å². The summed E-state index contributed by atoms with van der Waals surface area (Å²) in [6.07, 6.45) is 0. The third-order valence-corrected chi connectivity index (χ3v) is 4.30. The van der Waals surface area contributed by atoms with Crippen molar-refractivity contribution in [3.8, 4) is 0 Å². The highest BCUT2D eigenvalue weighted by molar-refractivity contribution is 7.00. The average Bonchev–Trinajstić information content (AvgIpc) is 2.98. The highest BCUT2D eigenvalue weighted by Gasteiger charge is 2.14. The van der Waals surface area contributed by atoms with Gasteiger partial charge >= 0.3 is 0 Å². The van der Waals surface area contributed by atoms with Crippen LogP contribution >= 0.6 is 23.5 Å². The monoisotopic (exact) mass is 272 g/mol. The van der Waals surface area contributed by atoms with Gasteiger partial charge in [-0.1, -0.05) is 0 Å². The Morgan fingerprint density at radius 1 is 0.667 bits per heavy atom. The summed E-state index contributed by atoms with van der Waals surface area (Å²) in [7, 11) is 0. The van der Waals surface area contributed by atoms with Crippen molar-refractivity contribution < 1.29 is 0 Å². The second-order valence-corrected chi connectivity index (χ2v) is 5.46. The molecule has 4 nitrogen and oxygen atoms in total. The summed E-state index contributed by atoms with van der Waals surface area (Å²) in [5.41, 5.74) is 6.23. The molecule has 6 heteroatoms. The second kappa shape index (κ2) is 3.43. The van der Waals surface area contributed by atoms with Gasteiger partial charge in [0, 0.05) is 10.8 Å². The van der Waals surface area contributed by atoms with E-state index in [1.54, 1.807) is 0 Å². The van der Waals surface area contributed by atoms with Crippen LogP contribution in [0.25, 0.3) is 32.8 Å². The summed E-state index contributed by atoms with van der Waals surface area (Å²) in [6, 6.07) is 4.28. The third kappa shape index (κ3) is 1.19. The molecule has 2 heterocycles. The van der Waals surface area contributed by atoms with E-state index in [9.17, 15) is 0 Å². The van der Waals surface area contributed by atoms with E-state index in [1.807, 2.05) is 0 Å². The molecule has 0 radical (unpaired) electrons. The lowest BCUT2D eigenvalue weighted by molar-refractivity contribution is 1.48. The topological polar surface area (TPSA) is 51.6 Å². The molecular weight excluding hydrogens is 264 g/mol. The lowest BCUT2D eigenvalue weighted by Gasteiger charge is -2.03. The number of rotatable bonds is 0. The Balaban J connectivity index is 2.40. The first-order valence-corrected chi connectivity index (χ1v) is 6.99. The molecule has 0 fully saturated rings. The quantitative estimate of drug-likeness (QED) is 0.492. The summed E-state index contributed by atoms with van der Waals surface area (Å²) >= 11 is 2.52. The predicted molar refractivity (Wildman–Crippen MR) is 75.4 cm³/mol. The average molecular weight is 272 g/mol. The normalized spacial score (nSPS) is 11.9. The number of aromatic nitrogens is 4. The standard InChI is InChI=1S/C12H8N4S2/c1-5-3-7-8(11-9(5)13-17-15-11)4-6(2)10-12(7)16-18-14-10/h3-4H,1-2H3. The van der Waals surface area contributed by atoms with Gasteiger partial charge in [-0.2, -0.15) is 17.5 Å². The van der Waals surface area contributed by atoms with Gasteiger partial charge in [0.2, 0.25) is 0 Å². The van der Waals surface area contributed by atoms with E-state index in [4.69, 9.17) is 0 Å². The molecule has 0 bridgehead atoms. The lowest BCUT2D eigenvalue weighted by Crippen LogP contribution is -1.86. The van der Waals surface area contributed by atoms with Gasteiger partial charge in [0.25, 0.3) is 0 Å². The third-order valence-electron chi connectivity index (χ3n) is 3.25. The van der Waals surface area contributed by atoms with Crippen LogP contribution in [0.4, 0.5) is 0 Å². The fourth-order valence-corrected chi connectivity index (χ4v) is 3.60. The summed E-state index contributed by atoms with van der Waals surface area (Å²) in [5, 5.41) is 2.25. The minimum Gasteiger partial charge on any atom is -0.173 e. The van der Waals surface area contributed by atoms with Crippen LogP contribution in [0.1, 0.15) is 11.1 Å². The van der Waals surface area contributed by atoms with Gasteiger partial charge in [-0.25, -0.2) is 0 Å². The second-order valence-electron chi connectivity index (χ2n) is 4.40. The maximum Gasteiger partial charge on any atom is 0.112 e. The Bertz CT molecular complexity index is 831. The minimum absolute atomic E-state index is 0.980. The van der Waals surface area contributed by atoms with Crippen LogP contribution in [0.5, 0.6) is 0 Å². The summed E-state index contributed by atoms with van der Waals surface area (Å²) in [6.45, 7) is 4.13. The SMILES string of the molecule is Cc1cc2c(cc(C)c3nsnc32)c2nsnc12. The Labute approximate surface area is 111 Å². The molecule has 0 aliphatic rings. The maximum atomic E-state index is 4.43. The Kier molecular flexibility index (Phi) is 1.96. The van der Waals surface area contributed by atoms with Crippen molar-refractivity contribution in [2.24, 2.45) is 0 Å². The maximum absolute atomic E-state index is 4.43. The van der Waals surface area contributed by atoms with Crippen molar-refractivity contribution in [1.82, 2.24) is 17.5 Å². The highest BCUT2D eigenvalue weighted by atomic mass is 32.1. The fourth-order valence-electron chi connectivity index (χ4n) is 2.37. The van der Waals surface area contributed by atoms with Gasteiger partial charge in [-0.05, 0) is 37.1 Å². The fraction of sp³-hybridized carbons (Fsp3) is 0.167. The number of nitrogens with zero attached hydrogens (tertiary/aromatic N) is 4. The van der Waals surface area contributed by atoms with Gasteiger partial charge < -0.3 is 0 Å². The molecule has 4 rings (SSSR count). The Morgan fingerprint density at radius 3 is 1.50 bits per heavy atom. The smallest absolute Gasteiger partial charge is 0.112 e. The van der Waals surface area contributed by atoms with Crippen molar-refractivity contribution >= 4 is 56.3 Å².